The molecule has 0 aromatic rings. The summed E-state index contributed by atoms with van der Waals surface area (Å²) in [6.07, 6.45) is 85.7. The fraction of sp³-hybridized carbons (Fsp3) is 0.849. The fourth-order valence-electron chi connectivity index (χ4n) is 10.6. The summed E-state index contributed by atoms with van der Waals surface area (Å²) in [7, 11) is 0. The molecule has 6 heteroatoms. The Kier molecular flexibility index (Phi) is 65.6. The van der Waals surface area contributed by atoms with Gasteiger partial charge in [-0.25, -0.2) is 0 Å². The summed E-state index contributed by atoms with van der Waals surface area (Å²) in [6, 6.07) is 0. The van der Waals surface area contributed by atoms with Crippen molar-refractivity contribution in [3.63, 3.8) is 0 Å². The smallest absolute Gasteiger partial charge is 0.306 e. The molecule has 79 heavy (non-hydrogen) atoms. The van der Waals surface area contributed by atoms with Gasteiger partial charge in [-0.3, -0.25) is 14.4 Å². The highest BCUT2D eigenvalue weighted by Gasteiger charge is 2.19. The maximum absolute atomic E-state index is 12.9. The fourth-order valence-corrected chi connectivity index (χ4v) is 10.6. The zero-order valence-electron chi connectivity index (χ0n) is 53.2. The second-order valence-corrected chi connectivity index (χ2v) is 23.8. The highest BCUT2D eigenvalue weighted by molar-refractivity contribution is 5.71. The molecule has 0 saturated heterocycles. The number of hydrogen-bond donors (Lipinski definition) is 0. The number of allylic oxidation sites excluding steroid dienone is 8. The molecule has 0 spiro atoms. The van der Waals surface area contributed by atoms with Crippen molar-refractivity contribution < 1.29 is 28.6 Å². The average molecular weight is 1110 g/mol. The number of unbranched alkanes of at least 4 members (excludes halogenated alkanes) is 46. The monoisotopic (exact) mass is 1110 g/mol. The number of carbonyl (C=O) groups excluding carboxylic acids is 3. The first-order chi connectivity index (χ1) is 39.0. The summed E-state index contributed by atoms with van der Waals surface area (Å²) in [5.41, 5.74) is 0. The molecule has 0 aliphatic heterocycles. The van der Waals surface area contributed by atoms with Crippen LogP contribution in [0.5, 0.6) is 0 Å². The van der Waals surface area contributed by atoms with Gasteiger partial charge in [-0.1, -0.05) is 352 Å². The van der Waals surface area contributed by atoms with Crippen molar-refractivity contribution in [1.29, 1.82) is 0 Å². The largest absolute Gasteiger partial charge is 0.462 e. The molecular weight excluding hydrogens is 973 g/mol. The number of hydrogen-bond acceptors (Lipinski definition) is 6. The summed E-state index contributed by atoms with van der Waals surface area (Å²) in [6.45, 7) is 6.58. The van der Waals surface area contributed by atoms with Crippen LogP contribution >= 0.6 is 0 Å². The van der Waals surface area contributed by atoms with Gasteiger partial charge in [-0.15, -0.1) is 0 Å². The normalized spacial score (nSPS) is 12.3. The van der Waals surface area contributed by atoms with Gasteiger partial charge < -0.3 is 14.2 Å². The third-order valence-corrected chi connectivity index (χ3v) is 15.8. The lowest BCUT2D eigenvalue weighted by molar-refractivity contribution is -0.167. The minimum atomic E-state index is -0.784. The second-order valence-electron chi connectivity index (χ2n) is 23.8. The molecular formula is C73H134O6. The Morgan fingerprint density at radius 2 is 0.494 bits per heavy atom. The van der Waals surface area contributed by atoms with Crippen LogP contribution in [0.15, 0.2) is 48.6 Å². The molecule has 0 N–H and O–H groups in total. The molecule has 0 radical (unpaired) electrons. The molecule has 0 aliphatic carbocycles. The predicted octanol–water partition coefficient (Wildman–Crippen LogP) is 24.1. The zero-order valence-corrected chi connectivity index (χ0v) is 53.2. The lowest BCUT2D eigenvalue weighted by Crippen LogP contribution is -2.30. The van der Waals surface area contributed by atoms with Crippen LogP contribution in [0.25, 0.3) is 0 Å². The number of carbonyl (C=O) groups is 3. The third-order valence-electron chi connectivity index (χ3n) is 15.8. The molecule has 0 fully saturated rings. The minimum absolute atomic E-state index is 0.0780. The summed E-state index contributed by atoms with van der Waals surface area (Å²) in [4.78, 5) is 38.4. The molecule has 0 amide bonds. The minimum Gasteiger partial charge on any atom is -0.462 e. The zero-order chi connectivity index (χ0) is 57.1. The summed E-state index contributed by atoms with van der Waals surface area (Å²) in [5.74, 6) is -0.874. The van der Waals surface area contributed by atoms with E-state index in [1.54, 1.807) is 0 Å². The SMILES string of the molecule is CC/C=C\C/C=C\C/C=C\C/C=C\CCCCCCC(=O)OC(COC(=O)CCCCCCCCCCCCCCCCCCC)COC(=O)CCCCCCCCCCCCCCCCCCCCCCCCCCCCC. The van der Waals surface area contributed by atoms with Crippen LogP contribution in [-0.4, -0.2) is 37.2 Å². The number of esters is 3. The van der Waals surface area contributed by atoms with E-state index in [9.17, 15) is 14.4 Å². The molecule has 0 heterocycles. The average Bonchev–Trinajstić information content (AvgIpc) is 3.45. The molecule has 6 nitrogen and oxygen atoms in total. The predicted molar refractivity (Wildman–Crippen MR) is 344 cm³/mol. The number of rotatable bonds is 65. The van der Waals surface area contributed by atoms with E-state index >= 15 is 0 Å². The van der Waals surface area contributed by atoms with Crippen molar-refractivity contribution in [3.8, 4) is 0 Å². The molecule has 0 aromatic carbocycles. The van der Waals surface area contributed by atoms with Gasteiger partial charge in [-0.2, -0.15) is 0 Å². The summed E-state index contributed by atoms with van der Waals surface area (Å²) >= 11 is 0. The quantitative estimate of drug-likeness (QED) is 0.0261. The van der Waals surface area contributed by atoms with Gasteiger partial charge in [0.2, 0.25) is 0 Å². The van der Waals surface area contributed by atoms with E-state index in [0.29, 0.717) is 19.3 Å². The van der Waals surface area contributed by atoms with Crippen molar-refractivity contribution in [2.24, 2.45) is 0 Å². The van der Waals surface area contributed by atoms with Crippen molar-refractivity contribution in [2.45, 2.75) is 386 Å². The Morgan fingerprint density at radius 3 is 0.772 bits per heavy atom. The first kappa shape index (κ1) is 76.4. The summed E-state index contributed by atoms with van der Waals surface area (Å²) in [5, 5.41) is 0. The Bertz CT molecular complexity index is 1360. The first-order valence-electron chi connectivity index (χ1n) is 35.1. The molecule has 0 bridgehead atoms. The van der Waals surface area contributed by atoms with Crippen LogP contribution < -0.4 is 0 Å². The van der Waals surface area contributed by atoms with Crippen LogP contribution in [0.2, 0.25) is 0 Å². The van der Waals surface area contributed by atoms with Crippen LogP contribution in [0.3, 0.4) is 0 Å². The summed E-state index contributed by atoms with van der Waals surface area (Å²) < 4.78 is 17.0. The highest BCUT2D eigenvalue weighted by atomic mass is 16.6. The van der Waals surface area contributed by atoms with Gasteiger partial charge in [0, 0.05) is 19.3 Å². The van der Waals surface area contributed by atoms with Gasteiger partial charge in [0.25, 0.3) is 0 Å². The lowest BCUT2D eigenvalue weighted by Gasteiger charge is -2.18. The van der Waals surface area contributed by atoms with E-state index in [0.717, 1.165) is 96.3 Å². The molecule has 462 valence electrons. The van der Waals surface area contributed by atoms with Gasteiger partial charge in [0.15, 0.2) is 6.10 Å². The molecule has 0 rings (SSSR count). The van der Waals surface area contributed by atoms with Gasteiger partial charge in [-0.05, 0) is 57.8 Å². The van der Waals surface area contributed by atoms with E-state index in [2.05, 4.69) is 69.4 Å². The van der Waals surface area contributed by atoms with Gasteiger partial charge >= 0.3 is 17.9 Å². The second kappa shape index (κ2) is 67.9. The Balaban J connectivity index is 4.26. The Hall–Kier alpha value is -2.63. The third kappa shape index (κ3) is 66.1. The first-order valence-corrected chi connectivity index (χ1v) is 35.1. The lowest BCUT2D eigenvalue weighted by atomic mass is 10.0. The topological polar surface area (TPSA) is 78.9 Å². The molecule has 0 aromatic heterocycles. The van der Waals surface area contributed by atoms with E-state index in [4.69, 9.17) is 14.2 Å². The van der Waals surface area contributed by atoms with Crippen molar-refractivity contribution >= 4 is 17.9 Å². The maximum atomic E-state index is 12.9. The Morgan fingerprint density at radius 1 is 0.266 bits per heavy atom. The number of ether oxygens (including phenoxy) is 3. The van der Waals surface area contributed by atoms with Crippen LogP contribution in [0.4, 0.5) is 0 Å². The van der Waals surface area contributed by atoms with E-state index in [1.807, 2.05) is 0 Å². The molecule has 0 aliphatic rings. The highest BCUT2D eigenvalue weighted by Crippen LogP contribution is 2.19. The van der Waals surface area contributed by atoms with E-state index in [1.165, 1.54) is 244 Å². The van der Waals surface area contributed by atoms with Crippen molar-refractivity contribution in [1.82, 2.24) is 0 Å². The van der Waals surface area contributed by atoms with Crippen LogP contribution in [0.1, 0.15) is 380 Å². The van der Waals surface area contributed by atoms with Crippen molar-refractivity contribution in [2.75, 3.05) is 13.2 Å². The molecule has 1 atom stereocenters. The standard InChI is InChI=1S/C73H134O6/c1-4-7-10-13-16-19-22-25-28-31-32-33-34-35-36-37-38-39-40-43-45-48-51-54-57-60-63-66-72(75)78-69-70(79-73(76)67-64-61-58-55-52-49-46-42-30-27-24-21-18-15-12-9-6-3)68-77-71(74)65-62-59-56-53-50-47-44-41-29-26-23-20-17-14-11-8-5-2/h9,12,18,21,27,30,46,49,70H,4-8,10-11,13-17,19-20,22-26,28-29,31-45,47-48,50-69H2,1-3H3/b12-9-,21-18-,30-27-,49-46-. The Labute approximate surface area is 492 Å². The maximum Gasteiger partial charge on any atom is 0.306 e. The molecule has 0 saturated carbocycles. The van der Waals surface area contributed by atoms with Crippen LogP contribution in [0, 0.1) is 0 Å². The van der Waals surface area contributed by atoms with E-state index in [-0.39, 0.29) is 31.1 Å². The molecule has 1 unspecified atom stereocenters. The van der Waals surface area contributed by atoms with Crippen LogP contribution in [-0.2, 0) is 28.6 Å². The van der Waals surface area contributed by atoms with E-state index < -0.39 is 6.10 Å². The van der Waals surface area contributed by atoms with Gasteiger partial charge in [0.05, 0.1) is 0 Å². The van der Waals surface area contributed by atoms with Gasteiger partial charge in [0.1, 0.15) is 13.2 Å². The van der Waals surface area contributed by atoms with Crippen molar-refractivity contribution in [3.05, 3.63) is 48.6 Å².